The average Bonchev–Trinajstić information content (AvgIpc) is 2.83. The molecule has 0 aliphatic heterocycles. The number of nitrogens with zero attached hydrogens (tertiary/aromatic N) is 1. The van der Waals surface area contributed by atoms with Gasteiger partial charge in [-0.15, -0.1) is 0 Å². The Balaban J connectivity index is 2.09. The Bertz CT molecular complexity index is 595. The van der Waals surface area contributed by atoms with Gasteiger partial charge in [0.15, 0.2) is 0 Å². The summed E-state index contributed by atoms with van der Waals surface area (Å²) in [5, 5.41) is 5.66. The minimum absolute atomic E-state index is 0.196. The van der Waals surface area contributed by atoms with Gasteiger partial charge >= 0.3 is 0 Å². The highest BCUT2D eigenvalue weighted by molar-refractivity contribution is 9.10. The number of benzene rings is 1. The molecule has 0 aliphatic rings. The molecule has 0 aliphatic carbocycles. The lowest BCUT2D eigenvalue weighted by Crippen LogP contribution is -2.11. The molecule has 2 rings (SSSR count). The summed E-state index contributed by atoms with van der Waals surface area (Å²) in [6.07, 6.45) is 1.42. The second kappa shape index (κ2) is 5.99. The van der Waals surface area contributed by atoms with Crippen molar-refractivity contribution in [2.45, 2.75) is 13.5 Å². The zero-order valence-electron chi connectivity index (χ0n) is 10.7. The Morgan fingerprint density at radius 1 is 1.47 bits per heavy atom. The third-order valence-corrected chi connectivity index (χ3v) is 3.39. The van der Waals surface area contributed by atoms with Crippen molar-refractivity contribution in [2.75, 3.05) is 12.4 Å². The summed E-state index contributed by atoms with van der Waals surface area (Å²) < 4.78 is 6.26. The van der Waals surface area contributed by atoms with Gasteiger partial charge in [-0.3, -0.25) is 4.79 Å². The molecule has 0 radical (unpaired) electrons. The van der Waals surface area contributed by atoms with Gasteiger partial charge in [-0.1, -0.05) is 22.0 Å². The Kier molecular flexibility index (Phi) is 4.34. The lowest BCUT2D eigenvalue weighted by Gasteiger charge is -2.05. The van der Waals surface area contributed by atoms with Crippen LogP contribution in [-0.4, -0.2) is 17.9 Å². The quantitative estimate of drug-likeness (QED) is 0.907. The topological polar surface area (TPSA) is 67.2 Å². The number of halogens is 1. The Hall–Kier alpha value is -1.66. The van der Waals surface area contributed by atoms with Crippen LogP contribution in [0.1, 0.15) is 22.0 Å². The zero-order chi connectivity index (χ0) is 13.8. The highest BCUT2D eigenvalue weighted by Crippen LogP contribution is 2.21. The molecular weight excluding hydrogens is 310 g/mol. The van der Waals surface area contributed by atoms with Crippen molar-refractivity contribution in [2.24, 2.45) is 0 Å². The fourth-order valence-electron chi connectivity index (χ4n) is 1.51. The van der Waals surface area contributed by atoms with Crippen LogP contribution in [0.15, 0.2) is 33.3 Å². The predicted molar refractivity (Wildman–Crippen MR) is 76.1 cm³/mol. The van der Waals surface area contributed by atoms with Crippen molar-refractivity contribution in [3.05, 3.63) is 46.1 Å². The molecule has 5 nitrogen and oxygen atoms in total. The lowest BCUT2D eigenvalue weighted by molar-refractivity contribution is 0.0994. The highest BCUT2D eigenvalue weighted by atomic mass is 79.9. The van der Waals surface area contributed by atoms with Crippen molar-refractivity contribution in [1.82, 2.24) is 10.3 Å². The minimum atomic E-state index is -0.314. The van der Waals surface area contributed by atoms with Crippen LogP contribution >= 0.6 is 15.9 Å². The first-order chi connectivity index (χ1) is 9.10. The van der Waals surface area contributed by atoms with Crippen LogP contribution in [0.5, 0.6) is 0 Å². The average molecular weight is 324 g/mol. The van der Waals surface area contributed by atoms with Gasteiger partial charge in [0.05, 0.1) is 12.7 Å². The molecule has 0 saturated heterocycles. The van der Waals surface area contributed by atoms with Crippen LogP contribution < -0.4 is 10.6 Å². The molecule has 0 atom stereocenters. The van der Waals surface area contributed by atoms with E-state index in [1.165, 1.54) is 6.20 Å². The summed E-state index contributed by atoms with van der Waals surface area (Å²) >= 11 is 3.42. The summed E-state index contributed by atoms with van der Waals surface area (Å²) in [6, 6.07) is 5.60. The molecule has 1 heterocycles. The van der Waals surface area contributed by atoms with Gasteiger partial charge in [0.2, 0.25) is 11.7 Å². The van der Waals surface area contributed by atoms with Crippen molar-refractivity contribution >= 4 is 27.5 Å². The third-order valence-electron chi connectivity index (χ3n) is 2.54. The standard InChI is InChI=1S/C13H14BrN3O2/c1-8-3-4-9(5-10(8)14)17-13(18)11-6-16-12(19-11)7-15-2/h3-6,15H,7H2,1-2H3,(H,17,18). The van der Waals surface area contributed by atoms with Crippen LogP contribution in [0, 0.1) is 6.92 Å². The molecule has 19 heavy (non-hydrogen) atoms. The Labute approximate surface area is 119 Å². The number of carbonyl (C=O) groups excluding carboxylic acids is 1. The molecule has 0 bridgehead atoms. The molecule has 100 valence electrons. The van der Waals surface area contributed by atoms with Crippen LogP contribution in [-0.2, 0) is 6.54 Å². The first kappa shape index (κ1) is 13.8. The fraction of sp³-hybridized carbons (Fsp3) is 0.231. The maximum Gasteiger partial charge on any atom is 0.293 e. The largest absolute Gasteiger partial charge is 0.434 e. The van der Waals surface area contributed by atoms with Crippen molar-refractivity contribution in [1.29, 1.82) is 0 Å². The number of rotatable bonds is 4. The van der Waals surface area contributed by atoms with E-state index in [9.17, 15) is 4.79 Å². The molecular formula is C13H14BrN3O2. The Morgan fingerprint density at radius 2 is 2.26 bits per heavy atom. The number of aryl methyl sites for hydroxylation is 1. The van der Waals surface area contributed by atoms with Crippen LogP contribution in [0.3, 0.4) is 0 Å². The smallest absolute Gasteiger partial charge is 0.293 e. The number of carbonyl (C=O) groups is 1. The van der Waals surface area contributed by atoms with Gasteiger partial charge in [0, 0.05) is 10.2 Å². The number of hydrogen-bond donors (Lipinski definition) is 2. The van der Waals surface area contributed by atoms with E-state index in [0.717, 1.165) is 10.0 Å². The summed E-state index contributed by atoms with van der Waals surface area (Å²) in [5.41, 5.74) is 1.81. The second-order valence-corrected chi connectivity index (χ2v) is 4.92. The van der Waals surface area contributed by atoms with Crippen LogP contribution in [0.25, 0.3) is 0 Å². The van der Waals surface area contributed by atoms with Gasteiger partial charge in [0.1, 0.15) is 0 Å². The SMILES string of the molecule is CNCc1ncc(C(=O)Nc2ccc(C)c(Br)c2)o1. The van der Waals surface area contributed by atoms with E-state index >= 15 is 0 Å². The number of nitrogens with one attached hydrogen (secondary N) is 2. The molecule has 2 N–H and O–H groups in total. The number of aromatic nitrogens is 1. The number of hydrogen-bond acceptors (Lipinski definition) is 4. The van der Waals surface area contributed by atoms with Gasteiger partial charge in [-0.05, 0) is 31.7 Å². The van der Waals surface area contributed by atoms with E-state index in [1.54, 1.807) is 7.05 Å². The fourth-order valence-corrected chi connectivity index (χ4v) is 1.89. The first-order valence-electron chi connectivity index (χ1n) is 5.77. The third kappa shape index (κ3) is 3.42. The van der Waals surface area contributed by atoms with Gasteiger partial charge in [0.25, 0.3) is 5.91 Å². The maximum absolute atomic E-state index is 11.9. The van der Waals surface area contributed by atoms with E-state index < -0.39 is 0 Å². The maximum atomic E-state index is 11.9. The van der Waals surface area contributed by atoms with Crippen LogP contribution in [0.4, 0.5) is 5.69 Å². The van der Waals surface area contributed by atoms with Crippen LogP contribution in [0.2, 0.25) is 0 Å². The molecule has 0 spiro atoms. The van der Waals surface area contributed by atoms with Gasteiger partial charge < -0.3 is 15.1 Å². The number of anilines is 1. The summed E-state index contributed by atoms with van der Waals surface area (Å²) in [6.45, 7) is 2.47. The highest BCUT2D eigenvalue weighted by Gasteiger charge is 2.12. The molecule has 2 aromatic rings. The zero-order valence-corrected chi connectivity index (χ0v) is 12.2. The number of amides is 1. The summed E-state index contributed by atoms with van der Waals surface area (Å²) in [4.78, 5) is 15.9. The monoisotopic (exact) mass is 323 g/mol. The van der Waals surface area contributed by atoms with E-state index in [1.807, 2.05) is 25.1 Å². The molecule has 6 heteroatoms. The van der Waals surface area contributed by atoms with Gasteiger partial charge in [-0.2, -0.15) is 0 Å². The van der Waals surface area contributed by atoms with Crippen molar-refractivity contribution < 1.29 is 9.21 Å². The summed E-state index contributed by atoms with van der Waals surface area (Å²) in [5.74, 6) is 0.366. The van der Waals surface area contributed by atoms with Crippen molar-refractivity contribution in [3.8, 4) is 0 Å². The van der Waals surface area contributed by atoms with E-state index in [0.29, 0.717) is 18.1 Å². The van der Waals surface area contributed by atoms with Crippen molar-refractivity contribution in [3.63, 3.8) is 0 Å². The molecule has 0 saturated carbocycles. The lowest BCUT2D eigenvalue weighted by atomic mass is 10.2. The predicted octanol–water partition coefficient (Wildman–Crippen LogP) is 2.72. The van der Waals surface area contributed by atoms with E-state index in [-0.39, 0.29) is 11.7 Å². The summed E-state index contributed by atoms with van der Waals surface area (Å²) in [7, 11) is 1.79. The van der Waals surface area contributed by atoms with Gasteiger partial charge in [-0.25, -0.2) is 4.98 Å². The minimum Gasteiger partial charge on any atom is -0.434 e. The molecule has 1 aromatic heterocycles. The Morgan fingerprint density at radius 3 is 2.95 bits per heavy atom. The number of oxazole rings is 1. The second-order valence-electron chi connectivity index (χ2n) is 4.07. The normalized spacial score (nSPS) is 10.5. The van der Waals surface area contributed by atoms with E-state index in [4.69, 9.17) is 4.42 Å². The molecule has 1 aromatic carbocycles. The molecule has 1 amide bonds. The first-order valence-corrected chi connectivity index (χ1v) is 6.56. The van der Waals surface area contributed by atoms with E-state index in [2.05, 4.69) is 31.5 Å². The molecule has 0 unspecified atom stereocenters. The molecule has 0 fully saturated rings.